The van der Waals surface area contributed by atoms with Crippen LogP contribution in [0.3, 0.4) is 0 Å². The molecule has 0 saturated carbocycles. The Hall–Kier alpha value is -0.930. The van der Waals surface area contributed by atoms with Gasteiger partial charge in [-0.1, -0.05) is 11.6 Å². The van der Waals surface area contributed by atoms with Crippen molar-refractivity contribution < 1.29 is 14.2 Å². The first-order valence-corrected chi connectivity index (χ1v) is 7.40. The normalized spacial score (nSPS) is 13.5. The molecule has 0 spiro atoms. The van der Waals surface area contributed by atoms with Crippen molar-refractivity contribution in [1.29, 1.82) is 0 Å². The van der Waals surface area contributed by atoms with Crippen molar-refractivity contribution in [2.24, 2.45) is 4.99 Å². The van der Waals surface area contributed by atoms with Gasteiger partial charge in [-0.2, -0.15) is 0 Å². The van der Waals surface area contributed by atoms with E-state index in [1.807, 2.05) is 26.0 Å². The number of hydrogen-bond donors (Lipinski definition) is 2. The molecule has 0 radical (unpaired) electrons. The zero-order chi connectivity index (χ0) is 16.2. The molecular weight excluding hydrogens is 433 g/mol. The molecular formula is C15H23ClIN3O3. The summed E-state index contributed by atoms with van der Waals surface area (Å²) in [5.74, 6) is 1.97. The third kappa shape index (κ3) is 5.58. The Morgan fingerprint density at radius 2 is 2.09 bits per heavy atom. The molecule has 1 heterocycles. The molecule has 1 aromatic carbocycles. The van der Waals surface area contributed by atoms with Crippen LogP contribution in [0.15, 0.2) is 17.1 Å². The molecule has 8 heteroatoms. The molecule has 2 N–H and O–H groups in total. The standard InChI is InChI=1S/C15H22ClN3O3.HI/c1-15(2,20-4)8-19-14(17-3)18-7-10-5-11(16)13-12(6-10)21-9-22-13;/h5-6H,7-9H2,1-4H3,(H2,17,18,19);1H. The van der Waals surface area contributed by atoms with Gasteiger partial charge in [-0.25, -0.2) is 0 Å². The van der Waals surface area contributed by atoms with Gasteiger partial charge < -0.3 is 24.8 Å². The monoisotopic (exact) mass is 455 g/mol. The van der Waals surface area contributed by atoms with E-state index in [1.54, 1.807) is 14.2 Å². The summed E-state index contributed by atoms with van der Waals surface area (Å²) < 4.78 is 16.0. The minimum atomic E-state index is -0.264. The fourth-order valence-electron chi connectivity index (χ4n) is 1.90. The molecule has 0 bridgehead atoms. The van der Waals surface area contributed by atoms with Crippen molar-refractivity contribution in [2.75, 3.05) is 27.5 Å². The Morgan fingerprint density at radius 3 is 2.74 bits per heavy atom. The van der Waals surface area contributed by atoms with Gasteiger partial charge in [0.2, 0.25) is 6.79 Å². The second kappa shape index (κ2) is 8.79. The topological polar surface area (TPSA) is 64.1 Å². The number of benzene rings is 1. The van der Waals surface area contributed by atoms with E-state index in [2.05, 4.69) is 15.6 Å². The maximum Gasteiger partial charge on any atom is 0.231 e. The number of nitrogens with one attached hydrogen (secondary N) is 2. The summed E-state index contributed by atoms with van der Waals surface area (Å²) >= 11 is 6.17. The number of guanidine groups is 1. The van der Waals surface area contributed by atoms with E-state index in [1.165, 1.54) is 0 Å². The van der Waals surface area contributed by atoms with Crippen LogP contribution < -0.4 is 20.1 Å². The summed E-state index contributed by atoms with van der Waals surface area (Å²) in [7, 11) is 3.41. The molecule has 23 heavy (non-hydrogen) atoms. The summed E-state index contributed by atoms with van der Waals surface area (Å²) in [5.41, 5.74) is 0.725. The highest BCUT2D eigenvalue weighted by molar-refractivity contribution is 14.0. The predicted molar refractivity (Wildman–Crippen MR) is 102 cm³/mol. The number of hydrogen-bond acceptors (Lipinski definition) is 4. The minimum Gasteiger partial charge on any atom is -0.454 e. The van der Waals surface area contributed by atoms with Crippen LogP contribution >= 0.6 is 35.6 Å². The number of fused-ring (bicyclic) bond motifs is 1. The fraction of sp³-hybridized carbons (Fsp3) is 0.533. The highest BCUT2D eigenvalue weighted by atomic mass is 127. The number of aliphatic imine (C=N–C) groups is 1. The molecule has 1 aromatic rings. The van der Waals surface area contributed by atoms with Crippen LogP contribution in [0.4, 0.5) is 0 Å². The Morgan fingerprint density at radius 1 is 1.35 bits per heavy atom. The maximum atomic E-state index is 6.17. The van der Waals surface area contributed by atoms with Crippen molar-refractivity contribution in [3.63, 3.8) is 0 Å². The average molecular weight is 456 g/mol. The van der Waals surface area contributed by atoms with Gasteiger partial charge in [0.1, 0.15) is 0 Å². The molecule has 0 atom stereocenters. The van der Waals surface area contributed by atoms with Crippen molar-refractivity contribution in [1.82, 2.24) is 10.6 Å². The summed E-state index contributed by atoms with van der Waals surface area (Å²) in [6, 6.07) is 3.77. The molecule has 0 fully saturated rings. The molecule has 0 amide bonds. The van der Waals surface area contributed by atoms with Gasteiger partial charge in [0.25, 0.3) is 0 Å². The molecule has 130 valence electrons. The third-order valence-electron chi connectivity index (χ3n) is 3.40. The first-order valence-electron chi connectivity index (χ1n) is 7.03. The van der Waals surface area contributed by atoms with Crippen LogP contribution in [0.5, 0.6) is 11.5 Å². The molecule has 1 aliphatic heterocycles. The Balaban J connectivity index is 0.00000264. The Kier molecular flexibility index (Phi) is 7.69. The summed E-state index contributed by atoms with van der Waals surface area (Å²) in [6.07, 6.45) is 0. The zero-order valence-corrected chi connectivity index (χ0v) is 16.8. The Labute approximate surface area is 158 Å². The van der Waals surface area contributed by atoms with Gasteiger partial charge in [0, 0.05) is 27.2 Å². The first-order chi connectivity index (χ1) is 10.4. The minimum absolute atomic E-state index is 0. The largest absolute Gasteiger partial charge is 0.454 e. The van der Waals surface area contributed by atoms with Gasteiger partial charge in [0.05, 0.1) is 10.6 Å². The van der Waals surface area contributed by atoms with Crippen LogP contribution in [-0.4, -0.2) is 39.1 Å². The number of halogens is 2. The van der Waals surface area contributed by atoms with Crippen LogP contribution in [0, 0.1) is 0 Å². The lowest BCUT2D eigenvalue weighted by atomic mass is 10.1. The van der Waals surface area contributed by atoms with E-state index < -0.39 is 0 Å². The van der Waals surface area contributed by atoms with E-state index in [-0.39, 0.29) is 36.4 Å². The molecule has 0 aliphatic carbocycles. The van der Waals surface area contributed by atoms with Crippen molar-refractivity contribution >= 4 is 41.5 Å². The predicted octanol–water partition coefficient (Wildman–Crippen LogP) is 2.78. The van der Waals surface area contributed by atoms with Crippen molar-refractivity contribution in [3.05, 3.63) is 22.7 Å². The van der Waals surface area contributed by atoms with Crippen LogP contribution in [0.2, 0.25) is 5.02 Å². The van der Waals surface area contributed by atoms with Crippen LogP contribution in [-0.2, 0) is 11.3 Å². The van der Waals surface area contributed by atoms with Gasteiger partial charge in [-0.3, -0.25) is 4.99 Å². The maximum absolute atomic E-state index is 6.17. The quantitative estimate of drug-likeness (QED) is 0.406. The van der Waals surface area contributed by atoms with Crippen LogP contribution in [0.25, 0.3) is 0 Å². The summed E-state index contributed by atoms with van der Waals surface area (Å²) in [6.45, 7) is 5.44. The van der Waals surface area contributed by atoms with Gasteiger partial charge in [0.15, 0.2) is 17.5 Å². The van der Waals surface area contributed by atoms with Gasteiger partial charge >= 0.3 is 0 Å². The molecule has 6 nitrogen and oxygen atoms in total. The SMILES string of the molecule is CN=C(NCc1cc(Cl)c2c(c1)OCO2)NCC(C)(C)OC.I. The van der Waals surface area contributed by atoms with E-state index in [9.17, 15) is 0 Å². The highest BCUT2D eigenvalue weighted by Gasteiger charge is 2.19. The number of ether oxygens (including phenoxy) is 3. The lowest BCUT2D eigenvalue weighted by Crippen LogP contribution is -2.45. The third-order valence-corrected chi connectivity index (χ3v) is 3.69. The second-order valence-electron chi connectivity index (χ2n) is 5.55. The average Bonchev–Trinajstić information content (AvgIpc) is 2.96. The summed E-state index contributed by atoms with van der Waals surface area (Å²) in [4.78, 5) is 4.19. The number of rotatable bonds is 5. The first kappa shape index (κ1) is 20.1. The van der Waals surface area contributed by atoms with Crippen LogP contribution in [0.1, 0.15) is 19.4 Å². The number of methoxy groups -OCH3 is 1. The lowest BCUT2D eigenvalue weighted by molar-refractivity contribution is 0.0268. The van der Waals surface area contributed by atoms with Gasteiger partial charge in [-0.05, 0) is 31.5 Å². The fourth-order valence-corrected chi connectivity index (χ4v) is 2.19. The molecule has 1 aliphatic rings. The van der Waals surface area contributed by atoms with Crippen molar-refractivity contribution in [2.45, 2.75) is 26.0 Å². The highest BCUT2D eigenvalue weighted by Crippen LogP contribution is 2.39. The van der Waals surface area contributed by atoms with E-state index in [0.29, 0.717) is 35.6 Å². The smallest absolute Gasteiger partial charge is 0.231 e. The molecule has 0 saturated heterocycles. The number of nitrogens with zero attached hydrogens (tertiary/aromatic N) is 1. The van der Waals surface area contributed by atoms with E-state index in [0.717, 1.165) is 5.56 Å². The Bertz CT molecular complexity index is 567. The zero-order valence-electron chi connectivity index (χ0n) is 13.7. The second-order valence-corrected chi connectivity index (χ2v) is 5.96. The van der Waals surface area contributed by atoms with Crippen molar-refractivity contribution in [3.8, 4) is 11.5 Å². The molecule has 2 rings (SSSR count). The molecule has 0 unspecified atom stereocenters. The van der Waals surface area contributed by atoms with Gasteiger partial charge in [-0.15, -0.1) is 24.0 Å². The summed E-state index contributed by atoms with van der Waals surface area (Å²) in [5, 5.41) is 7.00. The van der Waals surface area contributed by atoms with E-state index in [4.69, 9.17) is 25.8 Å². The lowest BCUT2D eigenvalue weighted by Gasteiger charge is -2.24. The van der Waals surface area contributed by atoms with E-state index >= 15 is 0 Å². The molecule has 0 aromatic heterocycles.